The number of aromatic nitrogens is 2. The molecule has 2 aromatic carbocycles. The number of nitrogens with one attached hydrogen (secondary N) is 1. The second kappa shape index (κ2) is 7.01. The van der Waals surface area contributed by atoms with Crippen LogP contribution in [0.2, 0.25) is 0 Å². The van der Waals surface area contributed by atoms with Crippen molar-refractivity contribution in [3.63, 3.8) is 0 Å². The molecule has 0 bridgehead atoms. The first kappa shape index (κ1) is 15.2. The first-order chi connectivity index (χ1) is 11.2. The van der Waals surface area contributed by atoms with Gasteiger partial charge in [0.25, 0.3) is 0 Å². The molecule has 0 saturated carbocycles. The molecule has 0 radical (unpaired) electrons. The number of hydrogen-bond acceptors (Lipinski definition) is 3. The van der Waals surface area contributed by atoms with Gasteiger partial charge in [-0.2, -0.15) is 5.10 Å². The molecule has 1 N–H and O–H groups in total. The Morgan fingerprint density at radius 2 is 1.78 bits per heavy atom. The molecule has 0 atom stereocenters. The largest absolute Gasteiger partial charge is 0.489 e. The Labute approximate surface area is 136 Å². The minimum Gasteiger partial charge on any atom is -0.489 e. The topological polar surface area (TPSA) is 39.1 Å². The molecule has 23 heavy (non-hydrogen) atoms. The highest BCUT2D eigenvalue weighted by Gasteiger charge is 2.06. The molecule has 3 rings (SSSR count). The van der Waals surface area contributed by atoms with Crippen molar-refractivity contribution in [2.45, 2.75) is 26.5 Å². The van der Waals surface area contributed by atoms with Gasteiger partial charge in [0.1, 0.15) is 5.75 Å². The molecule has 1 aromatic heterocycles. The number of benzene rings is 2. The van der Waals surface area contributed by atoms with Gasteiger partial charge in [0.2, 0.25) is 0 Å². The summed E-state index contributed by atoms with van der Waals surface area (Å²) in [5.74, 6) is 0.846. The van der Waals surface area contributed by atoms with Crippen LogP contribution in [0, 0.1) is 0 Å². The van der Waals surface area contributed by atoms with Crippen LogP contribution in [0.4, 0.5) is 11.4 Å². The van der Waals surface area contributed by atoms with E-state index in [0.717, 1.165) is 23.7 Å². The molecule has 0 amide bonds. The lowest BCUT2D eigenvalue weighted by atomic mass is 10.2. The molecule has 118 valence electrons. The van der Waals surface area contributed by atoms with E-state index < -0.39 is 0 Å². The van der Waals surface area contributed by atoms with Crippen molar-refractivity contribution in [1.82, 2.24) is 9.78 Å². The number of anilines is 2. The zero-order valence-electron chi connectivity index (χ0n) is 13.4. The fourth-order valence-corrected chi connectivity index (χ4v) is 2.37. The Bertz CT molecular complexity index is 750. The average Bonchev–Trinajstić information content (AvgIpc) is 2.97. The molecule has 0 aliphatic heterocycles. The third-order valence-electron chi connectivity index (χ3n) is 3.35. The maximum Gasteiger partial charge on any atom is 0.143 e. The quantitative estimate of drug-likeness (QED) is 0.730. The lowest BCUT2D eigenvalue weighted by Crippen LogP contribution is -2.07. The molecule has 0 aliphatic carbocycles. The Hall–Kier alpha value is -2.75. The minimum absolute atomic E-state index is 0.138. The summed E-state index contributed by atoms with van der Waals surface area (Å²) in [6.07, 6.45) is 3.97. The molecular formula is C19H21N3O. The molecule has 0 unspecified atom stereocenters. The molecule has 0 spiro atoms. The van der Waals surface area contributed by atoms with Crippen molar-refractivity contribution in [2.24, 2.45) is 0 Å². The molecule has 1 heterocycles. The molecule has 0 aliphatic rings. The summed E-state index contributed by atoms with van der Waals surface area (Å²) in [4.78, 5) is 0. The number of nitrogens with zero attached hydrogens (tertiary/aromatic N) is 2. The standard InChI is InChI=1S/C19H21N3O/c1-15(2)23-19-11-7-6-10-18(19)21-17-12-20-22(14-17)13-16-8-4-3-5-9-16/h3-12,14-15,21H,13H2,1-2H3. The van der Waals surface area contributed by atoms with E-state index in [1.807, 2.05) is 73.4 Å². The van der Waals surface area contributed by atoms with Gasteiger partial charge in [0, 0.05) is 6.20 Å². The first-order valence-electron chi connectivity index (χ1n) is 7.80. The number of ether oxygens (including phenoxy) is 1. The van der Waals surface area contributed by atoms with Crippen LogP contribution in [0.1, 0.15) is 19.4 Å². The average molecular weight is 307 g/mol. The smallest absolute Gasteiger partial charge is 0.143 e. The predicted octanol–water partition coefficient (Wildman–Crippen LogP) is 4.46. The fourth-order valence-electron chi connectivity index (χ4n) is 2.37. The fraction of sp³-hybridized carbons (Fsp3) is 0.211. The Morgan fingerprint density at radius 3 is 2.57 bits per heavy atom. The summed E-state index contributed by atoms with van der Waals surface area (Å²) in [5.41, 5.74) is 3.12. The van der Waals surface area contributed by atoms with E-state index in [0.29, 0.717) is 0 Å². The van der Waals surface area contributed by atoms with Crippen LogP contribution in [0.25, 0.3) is 0 Å². The van der Waals surface area contributed by atoms with Crippen LogP contribution in [0.5, 0.6) is 5.75 Å². The predicted molar refractivity (Wildman–Crippen MR) is 93.3 cm³/mol. The second-order valence-corrected chi connectivity index (χ2v) is 5.70. The highest BCUT2D eigenvalue weighted by Crippen LogP contribution is 2.28. The molecule has 0 saturated heterocycles. The summed E-state index contributed by atoms with van der Waals surface area (Å²) < 4.78 is 7.75. The van der Waals surface area contributed by atoms with Crippen LogP contribution >= 0.6 is 0 Å². The zero-order valence-corrected chi connectivity index (χ0v) is 13.4. The van der Waals surface area contributed by atoms with E-state index in [4.69, 9.17) is 4.74 Å². The van der Waals surface area contributed by atoms with Crippen LogP contribution < -0.4 is 10.1 Å². The van der Waals surface area contributed by atoms with E-state index in [-0.39, 0.29) is 6.10 Å². The number of para-hydroxylation sites is 2. The van der Waals surface area contributed by atoms with E-state index in [1.54, 1.807) is 0 Å². The number of hydrogen-bond donors (Lipinski definition) is 1. The summed E-state index contributed by atoms with van der Waals surface area (Å²) in [5, 5.41) is 7.79. The molecular weight excluding hydrogens is 286 g/mol. The van der Waals surface area contributed by atoms with Crippen molar-refractivity contribution in [2.75, 3.05) is 5.32 Å². The van der Waals surface area contributed by atoms with Crippen LogP contribution in [-0.4, -0.2) is 15.9 Å². The third-order valence-corrected chi connectivity index (χ3v) is 3.35. The van der Waals surface area contributed by atoms with Crippen molar-refractivity contribution >= 4 is 11.4 Å². The summed E-state index contributed by atoms with van der Waals surface area (Å²) in [7, 11) is 0. The summed E-state index contributed by atoms with van der Waals surface area (Å²) in [6, 6.07) is 18.2. The van der Waals surface area contributed by atoms with Crippen molar-refractivity contribution in [1.29, 1.82) is 0 Å². The monoisotopic (exact) mass is 307 g/mol. The van der Waals surface area contributed by atoms with Gasteiger partial charge >= 0.3 is 0 Å². The normalized spacial score (nSPS) is 10.7. The lowest BCUT2D eigenvalue weighted by molar-refractivity contribution is 0.244. The number of rotatable bonds is 6. The SMILES string of the molecule is CC(C)Oc1ccccc1Nc1cnn(Cc2ccccc2)c1. The van der Waals surface area contributed by atoms with Gasteiger partial charge in [0.15, 0.2) is 0 Å². The van der Waals surface area contributed by atoms with Crippen LogP contribution in [0.3, 0.4) is 0 Å². The highest BCUT2D eigenvalue weighted by molar-refractivity contribution is 5.65. The Balaban J connectivity index is 1.72. The van der Waals surface area contributed by atoms with Gasteiger partial charge in [-0.1, -0.05) is 42.5 Å². The highest BCUT2D eigenvalue weighted by atomic mass is 16.5. The molecule has 0 fully saturated rings. The second-order valence-electron chi connectivity index (χ2n) is 5.70. The molecule has 4 nitrogen and oxygen atoms in total. The van der Waals surface area contributed by atoms with Crippen molar-refractivity contribution in [3.05, 3.63) is 72.6 Å². The minimum atomic E-state index is 0.138. The van der Waals surface area contributed by atoms with Gasteiger partial charge in [0.05, 0.1) is 30.2 Å². The molecule has 3 aromatic rings. The first-order valence-corrected chi connectivity index (χ1v) is 7.80. The lowest BCUT2D eigenvalue weighted by Gasteiger charge is -2.14. The van der Waals surface area contributed by atoms with Gasteiger partial charge in [-0.05, 0) is 31.5 Å². The van der Waals surface area contributed by atoms with Crippen LogP contribution in [-0.2, 0) is 6.54 Å². The Morgan fingerprint density at radius 1 is 1.04 bits per heavy atom. The van der Waals surface area contributed by atoms with E-state index >= 15 is 0 Å². The van der Waals surface area contributed by atoms with Crippen molar-refractivity contribution < 1.29 is 4.74 Å². The molecule has 4 heteroatoms. The van der Waals surface area contributed by atoms with E-state index in [1.165, 1.54) is 5.56 Å². The maximum atomic E-state index is 5.83. The Kier molecular flexibility index (Phi) is 4.62. The van der Waals surface area contributed by atoms with Gasteiger partial charge in [-0.15, -0.1) is 0 Å². The summed E-state index contributed by atoms with van der Waals surface area (Å²) >= 11 is 0. The van der Waals surface area contributed by atoms with Gasteiger partial charge in [-0.3, -0.25) is 4.68 Å². The maximum absolute atomic E-state index is 5.83. The zero-order chi connectivity index (χ0) is 16.1. The van der Waals surface area contributed by atoms with E-state index in [9.17, 15) is 0 Å². The van der Waals surface area contributed by atoms with Crippen molar-refractivity contribution in [3.8, 4) is 5.75 Å². The van der Waals surface area contributed by atoms with Gasteiger partial charge < -0.3 is 10.1 Å². The van der Waals surface area contributed by atoms with Crippen LogP contribution in [0.15, 0.2) is 67.0 Å². The van der Waals surface area contributed by atoms with Gasteiger partial charge in [-0.25, -0.2) is 0 Å². The summed E-state index contributed by atoms with van der Waals surface area (Å²) in [6.45, 7) is 4.80. The van der Waals surface area contributed by atoms with E-state index in [2.05, 4.69) is 22.5 Å². The third kappa shape index (κ3) is 4.13.